The summed E-state index contributed by atoms with van der Waals surface area (Å²) in [6.07, 6.45) is 1.66. The fourth-order valence-corrected chi connectivity index (χ4v) is 3.80. The van der Waals surface area contributed by atoms with Gasteiger partial charge in [0.15, 0.2) is 5.65 Å². The lowest BCUT2D eigenvalue weighted by molar-refractivity contribution is 0.0953. The number of nitrogens with one attached hydrogen (secondary N) is 1. The zero-order valence-corrected chi connectivity index (χ0v) is 19.2. The van der Waals surface area contributed by atoms with E-state index in [1.807, 2.05) is 85.8 Å². The first-order valence-corrected chi connectivity index (χ1v) is 11.3. The maximum atomic E-state index is 13.2. The third kappa shape index (κ3) is 4.54. The second-order valence-corrected chi connectivity index (χ2v) is 7.87. The van der Waals surface area contributed by atoms with Crippen LogP contribution in [0.4, 0.5) is 5.82 Å². The molecule has 0 saturated carbocycles. The molecule has 2 heterocycles. The number of hydrogen-bond donors (Lipinski definition) is 2. The number of para-hydroxylation sites is 2. The lowest BCUT2D eigenvalue weighted by Crippen LogP contribution is -2.23. The molecule has 0 radical (unpaired) electrons. The first kappa shape index (κ1) is 22.1. The molecule has 0 aliphatic carbocycles. The molecule has 5 rings (SSSR count). The van der Waals surface area contributed by atoms with Gasteiger partial charge in [-0.3, -0.25) is 4.79 Å². The smallest absolute Gasteiger partial charge is 0.257 e. The van der Waals surface area contributed by atoms with Crippen LogP contribution in [0, 0.1) is 0 Å². The van der Waals surface area contributed by atoms with E-state index in [0.29, 0.717) is 35.3 Å². The van der Waals surface area contributed by atoms with Crippen LogP contribution < -0.4 is 15.8 Å². The van der Waals surface area contributed by atoms with Crippen molar-refractivity contribution in [1.82, 2.24) is 20.0 Å². The van der Waals surface area contributed by atoms with Gasteiger partial charge in [0.1, 0.15) is 22.6 Å². The van der Waals surface area contributed by atoms with Crippen molar-refractivity contribution in [2.24, 2.45) is 5.10 Å². The van der Waals surface area contributed by atoms with Crippen molar-refractivity contribution < 1.29 is 9.53 Å². The SMILES string of the molecule is CCOc1ccc(C=Nn2c(N)c(C(=O)NCc3ccccc3)c3nc4ccccc4nc32)cc1. The maximum Gasteiger partial charge on any atom is 0.257 e. The predicted molar refractivity (Wildman–Crippen MR) is 138 cm³/mol. The van der Waals surface area contributed by atoms with E-state index in [4.69, 9.17) is 20.4 Å². The summed E-state index contributed by atoms with van der Waals surface area (Å²) in [6, 6.07) is 24.7. The molecule has 0 spiro atoms. The van der Waals surface area contributed by atoms with Gasteiger partial charge in [0, 0.05) is 6.54 Å². The van der Waals surface area contributed by atoms with E-state index in [2.05, 4.69) is 10.4 Å². The largest absolute Gasteiger partial charge is 0.494 e. The fraction of sp³-hybridized carbons (Fsp3) is 0.111. The Balaban J connectivity index is 1.55. The highest BCUT2D eigenvalue weighted by molar-refractivity contribution is 6.10. The summed E-state index contributed by atoms with van der Waals surface area (Å²) >= 11 is 0. The van der Waals surface area contributed by atoms with Gasteiger partial charge in [-0.05, 0) is 54.4 Å². The summed E-state index contributed by atoms with van der Waals surface area (Å²) < 4.78 is 6.95. The number of rotatable bonds is 7. The third-order valence-corrected chi connectivity index (χ3v) is 5.51. The average molecular weight is 465 g/mol. The molecule has 3 aromatic carbocycles. The Bertz CT molecular complexity index is 1520. The number of fused-ring (bicyclic) bond motifs is 2. The number of aromatic nitrogens is 3. The molecule has 0 bridgehead atoms. The van der Waals surface area contributed by atoms with E-state index < -0.39 is 0 Å². The van der Waals surface area contributed by atoms with Crippen molar-refractivity contribution in [1.29, 1.82) is 0 Å². The maximum absolute atomic E-state index is 13.2. The van der Waals surface area contributed by atoms with Gasteiger partial charge in [0.05, 0.1) is 23.9 Å². The molecule has 2 aromatic heterocycles. The Labute approximate surface area is 202 Å². The number of amides is 1. The van der Waals surface area contributed by atoms with E-state index in [0.717, 1.165) is 16.9 Å². The first-order chi connectivity index (χ1) is 17.1. The number of benzene rings is 3. The third-order valence-electron chi connectivity index (χ3n) is 5.51. The van der Waals surface area contributed by atoms with Gasteiger partial charge in [-0.15, -0.1) is 0 Å². The molecule has 8 heteroatoms. The van der Waals surface area contributed by atoms with Gasteiger partial charge >= 0.3 is 0 Å². The minimum Gasteiger partial charge on any atom is -0.494 e. The Kier molecular flexibility index (Phi) is 6.09. The molecule has 1 amide bonds. The van der Waals surface area contributed by atoms with Gasteiger partial charge in [-0.25, -0.2) is 9.97 Å². The summed E-state index contributed by atoms with van der Waals surface area (Å²) in [6.45, 7) is 2.90. The van der Waals surface area contributed by atoms with Crippen LogP contribution in [-0.4, -0.2) is 33.4 Å². The Morgan fingerprint density at radius 3 is 2.40 bits per heavy atom. The van der Waals surface area contributed by atoms with Crippen LogP contribution in [0.3, 0.4) is 0 Å². The molecule has 0 aliphatic rings. The van der Waals surface area contributed by atoms with E-state index >= 15 is 0 Å². The molecule has 0 unspecified atom stereocenters. The molecule has 0 fully saturated rings. The number of anilines is 1. The van der Waals surface area contributed by atoms with Crippen LogP contribution >= 0.6 is 0 Å². The molecule has 35 heavy (non-hydrogen) atoms. The molecule has 5 aromatic rings. The van der Waals surface area contributed by atoms with E-state index in [1.165, 1.54) is 4.68 Å². The van der Waals surface area contributed by atoms with Crippen LogP contribution in [0.5, 0.6) is 5.75 Å². The zero-order valence-electron chi connectivity index (χ0n) is 19.2. The summed E-state index contributed by atoms with van der Waals surface area (Å²) in [5.41, 5.74) is 10.7. The highest BCUT2D eigenvalue weighted by atomic mass is 16.5. The predicted octanol–water partition coefficient (Wildman–Crippen LogP) is 4.38. The first-order valence-electron chi connectivity index (χ1n) is 11.3. The minimum absolute atomic E-state index is 0.169. The summed E-state index contributed by atoms with van der Waals surface area (Å²) in [4.78, 5) is 22.7. The van der Waals surface area contributed by atoms with Crippen molar-refractivity contribution >= 4 is 40.1 Å². The fourth-order valence-electron chi connectivity index (χ4n) is 3.80. The molecule has 0 saturated heterocycles. The van der Waals surface area contributed by atoms with E-state index in [9.17, 15) is 4.79 Å². The van der Waals surface area contributed by atoms with Gasteiger partial charge in [-0.1, -0.05) is 42.5 Å². The van der Waals surface area contributed by atoms with Gasteiger partial charge < -0.3 is 15.8 Å². The van der Waals surface area contributed by atoms with Crippen molar-refractivity contribution in [2.75, 3.05) is 12.3 Å². The standard InChI is InChI=1S/C27H24N6O2/c1-2-35-20-14-12-19(13-15-20)17-30-33-25(28)23(27(34)29-16-18-8-4-3-5-9-18)24-26(33)32-22-11-7-6-10-21(22)31-24/h3-15,17H,2,16,28H2,1H3,(H,29,34). The second kappa shape index (κ2) is 9.64. The molecular weight excluding hydrogens is 440 g/mol. The number of ether oxygens (including phenoxy) is 1. The Hall–Kier alpha value is -4.72. The number of carbonyl (C=O) groups excluding carboxylic acids is 1. The highest BCUT2D eigenvalue weighted by Gasteiger charge is 2.24. The van der Waals surface area contributed by atoms with Crippen molar-refractivity contribution in [3.63, 3.8) is 0 Å². The summed E-state index contributed by atoms with van der Waals surface area (Å²) in [5, 5.41) is 7.49. The second-order valence-electron chi connectivity index (χ2n) is 7.87. The van der Waals surface area contributed by atoms with Gasteiger partial charge in [-0.2, -0.15) is 9.78 Å². The highest BCUT2D eigenvalue weighted by Crippen LogP contribution is 2.28. The number of carbonyl (C=O) groups is 1. The molecule has 0 aliphatic heterocycles. The number of hydrogen-bond acceptors (Lipinski definition) is 6. The van der Waals surface area contributed by atoms with Crippen LogP contribution in [0.2, 0.25) is 0 Å². The number of nitrogens with zero attached hydrogens (tertiary/aromatic N) is 4. The molecule has 174 valence electrons. The molecule has 3 N–H and O–H groups in total. The van der Waals surface area contributed by atoms with Gasteiger partial charge in [0.25, 0.3) is 5.91 Å². The van der Waals surface area contributed by atoms with Gasteiger partial charge in [0.2, 0.25) is 0 Å². The van der Waals surface area contributed by atoms with Crippen LogP contribution in [0.1, 0.15) is 28.4 Å². The van der Waals surface area contributed by atoms with Crippen LogP contribution in [0.25, 0.3) is 22.2 Å². The lowest BCUT2D eigenvalue weighted by atomic mass is 10.2. The van der Waals surface area contributed by atoms with Crippen molar-refractivity contribution in [3.05, 3.63) is 95.6 Å². The number of nitrogen functional groups attached to an aromatic ring is 1. The summed E-state index contributed by atoms with van der Waals surface area (Å²) in [5.74, 6) is 0.615. The average Bonchev–Trinajstić information content (AvgIpc) is 3.16. The molecular formula is C27H24N6O2. The summed E-state index contributed by atoms with van der Waals surface area (Å²) in [7, 11) is 0. The normalized spacial score (nSPS) is 11.3. The quantitative estimate of drug-likeness (QED) is 0.348. The zero-order chi connectivity index (χ0) is 24.2. The molecule has 0 atom stereocenters. The Morgan fingerprint density at radius 2 is 1.69 bits per heavy atom. The van der Waals surface area contributed by atoms with E-state index in [-0.39, 0.29) is 17.3 Å². The Morgan fingerprint density at radius 1 is 1.00 bits per heavy atom. The van der Waals surface area contributed by atoms with Crippen molar-refractivity contribution in [3.8, 4) is 5.75 Å². The van der Waals surface area contributed by atoms with Crippen LogP contribution in [-0.2, 0) is 6.54 Å². The van der Waals surface area contributed by atoms with Crippen LogP contribution in [0.15, 0.2) is 84.0 Å². The monoisotopic (exact) mass is 464 g/mol. The number of nitrogens with two attached hydrogens (primary N) is 1. The lowest BCUT2D eigenvalue weighted by Gasteiger charge is -2.05. The molecule has 8 nitrogen and oxygen atoms in total. The topological polar surface area (TPSA) is 107 Å². The van der Waals surface area contributed by atoms with Crippen molar-refractivity contribution in [2.45, 2.75) is 13.5 Å². The minimum atomic E-state index is -0.337. The van der Waals surface area contributed by atoms with E-state index in [1.54, 1.807) is 6.21 Å².